The van der Waals surface area contributed by atoms with Gasteiger partial charge in [0.15, 0.2) is 0 Å². The van der Waals surface area contributed by atoms with Crippen molar-refractivity contribution in [2.45, 2.75) is 6.42 Å². The Kier molecular flexibility index (Phi) is 5.31. The van der Waals surface area contributed by atoms with Crippen molar-refractivity contribution in [2.24, 2.45) is 5.73 Å². The van der Waals surface area contributed by atoms with Gasteiger partial charge in [-0.2, -0.15) is 0 Å². The van der Waals surface area contributed by atoms with Gasteiger partial charge in [-0.05, 0) is 25.1 Å². The Morgan fingerprint density at radius 1 is 1.35 bits per heavy atom. The van der Waals surface area contributed by atoms with Gasteiger partial charge in [-0.1, -0.05) is 12.1 Å². The second-order valence-corrected chi connectivity index (χ2v) is 4.63. The van der Waals surface area contributed by atoms with E-state index in [0.29, 0.717) is 51.5 Å². The molecule has 5 nitrogen and oxygen atoms in total. The molecule has 2 N–H and O–H groups in total. The number of carbonyl (C=O) groups is 1. The third-order valence-electron chi connectivity index (χ3n) is 3.24. The minimum Gasteiger partial charge on any atom is -0.378 e. The highest BCUT2D eigenvalue weighted by Crippen LogP contribution is 2.20. The predicted molar refractivity (Wildman–Crippen MR) is 75.2 cm³/mol. The molecule has 0 radical (unpaired) electrons. The first-order valence-electron chi connectivity index (χ1n) is 6.83. The van der Waals surface area contributed by atoms with Crippen molar-refractivity contribution >= 4 is 11.7 Å². The van der Waals surface area contributed by atoms with Gasteiger partial charge in [-0.25, -0.2) is 9.18 Å². The molecule has 1 heterocycles. The summed E-state index contributed by atoms with van der Waals surface area (Å²) in [6.45, 7) is 2.98. The summed E-state index contributed by atoms with van der Waals surface area (Å²) in [6, 6.07) is 6.12. The number of halogens is 1. The summed E-state index contributed by atoms with van der Waals surface area (Å²) in [6.07, 6.45) is 0.629. The quantitative estimate of drug-likeness (QED) is 0.908. The summed E-state index contributed by atoms with van der Waals surface area (Å²) in [5.41, 5.74) is 5.81. The number of para-hydroxylation sites is 1. The number of hydrogen-bond acceptors (Lipinski definition) is 3. The summed E-state index contributed by atoms with van der Waals surface area (Å²) >= 11 is 0. The molecular formula is C14H20FN3O2. The molecule has 2 rings (SSSR count). The Morgan fingerprint density at radius 2 is 2.05 bits per heavy atom. The van der Waals surface area contributed by atoms with Gasteiger partial charge >= 0.3 is 6.03 Å². The molecular weight excluding hydrogens is 261 g/mol. The topological polar surface area (TPSA) is 58.8 Å². The molecule has 110 valence electrons. The molecule has 1 aromatic rings. The molecule has 0 bridgehead atoms. The first kappa shape index (κ1) is 14.7. The van der Waals surface area contributed by atoms with Gasteiger partial charge in [0.2, 0.25) is 0 Å². The Hall–Kier alpha value is -1.66. The molecule has 0 saturated carbocycles. The van der Waals surface area contributed by atoms with Crippen LogP contribution in [-0.4, -0.2) is 50.3 Å². The molecule has 0 aliphatic carbocycles. The summed E-state index contributed by atoms with van der Waals surface area (Å²) in [5, 5.41) is 0. The van der Waals surface area contributed by atoms with Gasteiger partial charge in [-0.3, -0.25) is 4.90 Å². The fraction of sp³-hybridized carbons (Fsp3) is 0.500. The van der Waals surface area contributed by atoms with Crippen LogP contribution in [0.1, 0.15) is 6.42 Å². The highest BCUT2D eigenvalue weighted by Gasteiger charge is 2.25. The van der Waals surface area contributed by atoms with Crippen molar-refractivity contribution in [2.75, 3.05) is 44.3 Å². The van der Waals surface area contributed by atoms with Crippen LogP contribution in [0.4, 0.5) is 14.9 Å². The van der Waals surface area contributed by atoms with Crippen LogP contribution in [0, 0.1) is 5.82 Å². The van der Waals surface area contributed by atoms with Crippen LogP contribution >= 0.6 is 0 Å². The summed E-state index contributed by atoms with van der Waals surface area (Å²) in [4.78, 5) is 15.7. The maximum absolute atomic E-state index is 13.9. The number of morpholine rings is 1. The minimum atomic E-state index is -0.397. The number of rotatable bonds is 4. The Labute approximate surface area is 118 Å². The maximum atomic E-state index is 13.9. The molecule has 6 heteroatoms. The monoisotopic (exact) mass is 281 g/mol. The van der Waals surface area contributed by atoms with E-state index in [1.165, 1.54) is 11.0 Å². The van der Waals surface area contributed by atoms with Crippen LogP contribution in [0.25, 0.3) is 0 Å². The zero-order valence-electron chi connectivity index (χ0n) is 11.4. The largest absolute Gasteiger partial charge is 0.378 e. The van der Waals surface area contributed by atoms with Gasteiger partial charge in [-0.15, -0.1) is 0 Å². The lowest BCUT2D eigenvalue weighted by Gasteiger charge is -2.33. The van der Waals surface area contributed by atoms with E-state index in [2.05, 4.69) is 0 Å². The Morgan fingerprint density at radius 3 is 2.70 bits per heavy atom. The molecule has 1 aromatic carbocycles. The molecule has 0 atom stereocenters. The van der Waals surface area contributed by atoms with Gasteiger partial charge in [0.1, 0.15) is 5.82 Å². The number of nitrogens with zero attached hydrogens (tertiary/aromatic N) is 2. The van der Waals surface area contributed by atoms with Gasteiger partial charge in [0, 0.05) is 19.6 Å². The molecule has 1 saturated heterocycles. The highest BCUT2D eigenvalue weighted by atomic mass is 19.1. The summed E-state index contributed by atoms with van der Waals surface area (Å²) < 4.78 is 19.2. The lowest BCUT2D eigenvalue weighted by molar-refractivity contribution is 0.0548. The first-order chi connectivity index (χ1) is 9.74. The molecule has 0 spiro atoms. The summed E-state index contributed by atoms with van der Waals surface area (Å²) in [5.74, 6) is -0.397. The van der Waals surface area contributed by atoms with Gasteiger partial charge < -0.3 is 15.4 Å². The van der Waals surface area contributed by atoms with E-state index in [-0.39, 0.29) is 6.03 Å². The number of benzene rings is 1. The van der Waals surface area contributed by atoms with E-state index < -0.39 is 5.82 Å². The number of nitrogens with two attached hydrogens (primary N) is 1. The van der Waals surface area contributed by atoms with E-state index in [9.17, 15) is 9.18 Å². The second kappa shape index (κ2) is 7.21. The average Bonchev–Trinajstić information content (AvgIpc) is 2.50. The van der Waals surface area contributed by atoms with E-state index in [4.69, 9.17) is 10.5 Å². The Balaban J connectivity index is 2.18. The average molecular weight is 281 g/mol. The number of ether oxygens (including phenoxy) is 1. The lowest BCUT2D eigenvalue weighted by atomic mass is 10.2. The van der Waals surface area contributed by atoms with Crippen molar-refractivity contribution in [3.63, 3.8) is 0 Å². The van der Waals surface area contributed by atoms with E-state index in [1.54, 1.807) is 23.1 Å². The molecule has 2 amide bonds. The van der Waals surface area contributed by atoms with Crippen molar-refractivity contribution in [3.05, 3.63) is 30.1 Å². The molecule has 1 aliphatic heterocycles. The lowest BCUT2D eigenvalue weighted by Crippen LogP contribution is -2.49. The fourth-order valence-corrected chi connectivity index (χ4v) is 2.16. The number of urea groups is 1. The molecule has 0 aromatic heterocycles. The van der Waals surface area contributed by atoms with Crippen LogP contribution in [0.15, 0.2) is 24.3 Å². The van der Waals surface area contributed by atoms with Crippen molar-refractivity contribution in [1.29, 1.82) is 0 Å². The minimum absolute atomic E-state index is 0.188. The zero-order chi connectivity index (χ0) is 14.4. The van der Waals surface area contributed by atoms with Crippen LogP contribution < -0.4 is 10.6 Å². The third-order valence-corrected chi connectivity index (χ3v) is 3.24. The van der Waals surface area contributed by atoms with Crippen molar-refractivity contribution < 1.29 is 13.9 Å². The van der Waals surface area contributed by atoms with Crippen LogP contribution in [0.3, 0.4) is 0 Å². The first-order valence-corrected chi connectivity index (χ1v) is 6.83. The number of hydrogen-bond donors (Lipinski definition) is 1. The molecule has 0 unspecified atom stereocenters. The summed E-state index contributed by atoms with van der Waals surface area (Å²) in [7, 11) is 0. The smallest absolute Gasteiger partial charge is 0.324 e. The van der Waals surface area contributed by atoms with Crippen LogP contribution in [0.5, 0.6) is 0 Å². The number of amides is 2. The standard InChI is InChI=1S/C14H20FN3O2/c15-12-4-1-2-5-13(12)18(7-3-6-16)14(19)17-8-10-20-11-9-17/h1-2,4-5H,3,6-11,16H2. The number of carbonyl (C=O) groups excluding carboxylic acids is 1. The van der Waals surface area contributed by atoms with E-state index in [1.807, 2.05) is 0 Å². The van der Waals surface area contributed by atoms with Gasteiger partial charge in [0.05, 0.1) is 18.9 Å². The Bertz CT molecular complexity index is 450. The fourth-order valence-electron chi connectivity index (χ4n) is 2.16. The molecule has 20 heavy (non-hydrogen) atoms. The molecule has 1 aliphatic rings. The zero-order valence-corrected chi connectivity index (χ0v) is 11.4. The van der Waals surface area contributed by atoms with E-state index >= 15 is 0 Å². The van der Waals surface area contributed by atoms with Crippen LogP contribution in [0.2, 0.25) is 0 Å². The van der Waals surface area contributed by atoms with E-state index in [0.717, 1.165) is 0 Å². The predicted octanol–water partition coefficient (Wildman–Crippen LogP) is 1.43. The normalized spacial score (nSPS) is 15.2. The third kappa shape index (κ3) is 3.46. The number of anilines is 1. The highest BCUT2D eigenvalue weighted by molar-refractivity contribution is 5.92. The van der Waals surface area contributed by atoms with Gasteiger partial charge in [0.25, 0.3) is 0 Å². The second-order valence-electron chi connectivity index (χ2n) is 4.63. The maximum Gasteiger partial charge on any atom is 0.324 e. The molecule has 1 fully saturated rings. The van der Waals surface area contributed by atoms with Crippen molar-refractivity contribution in [3.8, 4) is 0 Å². The SMILES string of the molecule is NCCCN(C(=O)N1CCOCC1)c1ccccc1F. The van der Waals surface area contributed by atoms with Crippen molar-refractivity contribution in [1.82, 2.24) is 4.90 Å². The van der Waals surface area contributed by atoms with Crippen LogP contribution in [-0.2, 0) is 4.74 Å².